The normalized spacial score (nSPS) is 19.7. The third-order valence-corrected chi connectivity index (χ3v) is 4.61. The molecule has 21 heavy (non-hydrogen) atoms. The van der Waals surface area contributed by atoms with Gasteiger partial charge in [0.25, 0.3) is 0 Å². The van der Waals surface area contributed by atoms with Gasteiger partial charge in [0.2, 0.25) is 0 Å². The molecular weight excluding hydrogens is 284 g/mol. The second kappa shape index (κ2) is 6.99. The van der Waals surface area contributed by atoms with Gasteiger partial charge in [0.15, 0.2) is 0 Å². The van der Waals surface area contributed by atoms with E-state index in [1.807, 2.05) is 6.07 Å². The average Bonchev–Trinajstić information content (AvgIpc) is 3.29. The second-order valence-corrected chi connectivity index (χ2v) is 6.74. The van der Waals surface area contributed by atoms with E-state index >= 15 is 0 Å². The quantitative estimate of drug-likeness (QED) is 0.874. The average molecular weight is 309 g/mol. The Bertz CT molecular complexity index is 482. The molecule has 1 heterocycles. The lowest BCUT2D eigenvalue weighted by Gasteiger charge is -2.27. The van der Waals surface area contributed by atoms with Crippen LogP contribution in [0.4, 0.5) is 0 Å². The van der Waals surface area contributed by atoms with Crippen LogP contribution in [0, 0.1) is 12.8 Å². The number of aryl methyl sites for hydroxylation is 1. The lowest BCUT2D eigenvalue weighted by molar-refractivity contribution is 0.241. The molecule has 0 amide bonds. The van der Waals surface area contributed by atoms with Gasteiger partial charge in [-0.2, -0.15) is 0 Å². The van der Waals surface area contributed by atoms with Gasteiger partial charge in [-0.3, -0.25) is 0 Å². The maximum atomic E-state index is 6.41. The van der Waals surface area contributed by atoms with Gasteiger partial charge < -0.3 is 15.0 Å². The van der Waals surface area contributed by atoms with Gasteiger partial charge in [-0.25, -0.2) is 0 Å². The largest absolute Gasteiger partial charge is 0.491 e. The fourth-order valence-electron chi connectivity index (χ4n) is 2.85. The van der Waals surface area contributed by atoms with E-state index < -0.39 is 0 Å². The van der Waals surface area contributed by atoms with Crippen LogP contribution < -0.4 is 10.1 Å². The third kappa shape index (κ3) is 4.35. The molecule has 0 atom stereocenters. The number of nitrogens with one attached hydrogen (secondary N) is 1. The van der Waals surface area contributed by atoms with E-state index in [9.17, 15) is 0 Å². The number of halogens is 1. The van der Waals surface area contributed by atoms with E-state index in [0.29, 0.717) is 0 Å². The fraction of sp³-hybridized carbons (Fsp3) is 0.647. The molecule has 3 nitrogen and oxygen atoms in total. The second-order valence-electron chi connectivity index (χ2n) is 6.33. The molecule has 1 N–H and O–H groups in total. The summed E-state index contributed by atoms with van der Waals surface area (Å²) < 4.78 is 6.02. The first-order valence-corrected chi connectivity index (χ1v) is 8.45. The highest BCUT2D eigenvalue weighted by atomic mass is 35.5. The fourth-order valence-corrected chi connectivity index (χ4v) is 3.20. The van der Waals surface area contributed by atoms with Gasteiger partial charge in [-0.05, 0) is 49.3 Å². The first-order chi connectivity index (χ1) is 10.2. The molecule has 1 aliphatic heterocycles. The Morgan fingerprint density at radius 2 is 2.05 bits per heavy atom. The molecule has 2 fully saturated rings. The monoisotopic (exact) mass is 308 g/mol. The molecule has 3 rings (SSSR count). The van der Waals surface area contributed by atoms with Gasteiger partial charge in [-0.1, -0.05) is 17.7 Å². The summed E-state index contributed by atoms with van der Waals surface area (Å²) in [5.74, 6) is 1.67. The van der Waals surface area contributed by atoms with Crippen molar-refractivity contribution in [1.29, 1.82) is 0 Å². The summed E-state index contributed by atoms with van der Waals surface area (Å²) in [6.07, 6.45) is 3.63. The third-order valence-electron chi connectivity index (χ3n) is 4.33. The maximum Gasteiger partial charge on any atom is 0.141 e. The molecular formula is C17H25ClN2O. The summed E-state index contributed by atoms with van der Waals surface area (Å²) in [6, 6.07) is 4.24. The number of benzene rings is 1. The first kappa shape index (κ1) is 15.1. The molecule has 4 heteroatoms. The lowest BCUT2D eigenvalue weighted by Crippen LogP contribution is -2.44. The molecule has 0 bridgehead atoms. The Morgan fingerprint density at radius 3 is 2.76 bits per heavy atom. The van der Waals surface area contributed by atoms with Crippen molar-refractivity contribution >= 4 is 11.6 Å². The summed E-state index contributed by atoms with van der Waals surface area (Å²) in [5.41, 5.74) is 2.48. The number of rotatable bonds is 6. The van der Waals surface area contributed by atoms with E-state index in [0.717, 1.165) is 62.4 Å². The van der Waals surface area contributed by atoms with E-state index in [2.05, 4.69) is 23.2 Å². The van der Waals surface area contributed by atoms with E-state index in [-0.39, 0.29) is 0 Å². The van der Waals surface area contributed by atoms with Gasteiger partial charge in [-0.15, -0.1) is 0 Å². The number of ether oxygens (including phenoxy) is 1. The van der Waals surface area contributed by atoms with Gasteiger partial charge in [0.05, 0.1) is 11.6 Å². The predicted molar refractivity (Wildman–Crippen MR) is 87.4 cm³/mol. The van der Waals surface area contributed by atoms with Gasteiger partial charge >= 0.3 is 0 Å². The number of hydrogen-bond acceptors (Lipinski definition) is 3. The highest BCUT2D eigenvalue weighted by Crippen LogP contribution is 2.34. The molecule has 116 valence electrons. The summed E-state index contributed by atoms with van der Waals surface area (Å²) in [5, 5.41) is 4.16. The zero-order chi connectivity index (χ0) is 14.7. The van der Waals surface area contributed by atoms with E-state index in [1.54, 1.807) is 0 Å². The van der Waals surface area contributed by atoms with Crippen LogP contribution in [0.25, 0.3) is 0 Å². The smallest absolute Gasteiger partial charge is 0.141 e. The summed E-state index contributed by atoms with van der Waals surface area (Å²) in [6.45, 7) is 8.48. The molecule has 0 unspecified atom stereocenters. The molecule has 1 aliphatic carbocycles. The topological polar surface area (TPSA) is 24.5 Å². The van der Waals surface area contributed by atoms with E-state index in [1.165, 1.54) is 24.0 Å². The van der Waals surface area contributed by atoms with Crippen molar-refractivity contribution in [2.45, 2.75) is 26.2 Å². The Morgan fingerprint density at radius 1 is 1.29 bits per heavy atom. The molecule has 1 saturated carbocycles. The molecule has 2 aliphatic rings. The van der Waals surface area contributed by atoms with Crippen molar-refractivity contribution in [1.82, 2.24) is 10.2 Å². The van der Waals surface area contributed by atoms with Gasteiger partial charge in [0, 0.05) is 32.7 Å². The Kier molecular flexibility index (Phi) is 5.04. The molecule has 1 saturated heterocycles. The minimum Gasteiger partial charge on any atom is -0.491 e. The highest BCUT2D eigenvalue weighted by Gasteiger charge is 2.23. The van der Waals surface area contributed by atoms with E-state index in [4.69, 9.17) is 16.3 Å². The van der Waals surface area contributed by atoms with Crippen molar-refractivity contribution < 1.29 is 4.74 Å². The van der Waals surface area contributed by atoms with Crippen molar-refractivity contribution in [3.63, 3.8) is 0 Å². The van der Waals surface area contributed by atoms with Gasteiger partial charge in [0.1, 0.15) is 5.75 Å². The minimum absolute atomic E-state index is 0.753. The molecule has 1 aromatic rings. The van der Waals surface area contributed by atoms with Crippen LogP contribution in [0.15, 0.2) is 12.1 Å². The van der Waals surface area contributed by atoms with Crippen LogP contribution in [0.3, 0.4) is 0 Å². The summed E-state index contributed by atoms with van der Waals surface area (Å²) in [4.78, 5) is 2.51. The van der Waals surface area contributed by atoms with Crippen molar-refractivity contribution in [2.75, 3.05) is 39.3 Å². The molecule has 0 aromatic heterocycles. The summed E-state index contributed by atoms with van der Waals surface area (Å²) >= 11 is 6.41. The Hall–Kier alpha value is -0.770. The summed E-state index contributed by atoms with van der Waals surface area (Å²) in [7, 11) is 0. The van der Waals surface area contributed by atoms with Crippen molar-refractivity contribution in [3.8, 4) is 5.75 Å². The highest BCUT2D eigenvalue weighted by molar-refractivity contribution is 6.32. The minimum atomic E-state index is 0.753. The SMILES string of the molecule is Cc1cc(Cl)c(OCC2CC2)c(CCN2CCNCC2)c1. The zero-order valence-corrected chi connectivity index (χ0v) is 13.6. The van der Waals surface area contributed by atoms with Crippen LogP contribution in [0.1, 0.15) is 24.0 Å². The predicted octanol–water partition coefficient (Wildman–Crippen LogP) is 2.88. The molecule has 1 aromatic carbocycles. The van der Waals surface area contributed by atoms with Crippen molar-refractivity contribution in [3.05, 3.63) is 28.3 Å². The first-order valence-electron chi connectivity index (χ1n) is 8.07. The van der Waals surface area contributed by atoms with Crippen LogP contribution in [-0.4, -0.2) is 44.2 Å². The number of nitrogens with zero attached hydrogens (tertiary/aromatic N) is 1. The number of hydrogen-bond donors (Lipinski definition) is 1. The van der Waals surface area contributed by atoms with Crippen LogP contribution in [0.5, 0.6) is 5.75 Å². The van der Waals surface area contributed by atoms with Crippen LogP contribution in [-0.2, 0) is 6.42 Å². The lowest BCUT2D eigenvalue weighted by atomic mass is 10.1. The maximum absolute atomic E-state index is 6.41. The molecule has 0 spiro atoms. The van der Waals surface area contributed by atoms with Crippen molar-refractivity contribution in [2.24, 2.45) is 5.92 Å². The standard InChI is InChI=1S/C17H25ClN2O/c1-13-10-15(4-7-20-8-5-19-6-9-20)17(16(18)11-13)21-12-14-2-3-14/h10-11,14,19H,2-9,12H2,1H3. The Labute approximate surface area is 132 Å². The molecule has 0 radical (unpaired) electrons. The van der Waals surface area contributed by atoms with Crippen LogP contribution >= 0.6 is 11.6 Å². The zero-order valence-electron chi connectivity index (χ0n) is 12.8. The van der Waals surface area contributed by atoms with Crippen LogP contribution in [0.2, 0.25) is 5.02 Å². The Balaban J connectivity index is 1.65. The number of piperazine rings is 1.